The Labute approximate surface area is 834 Å². The zero-order valence-electron chi connectivity index (χ0n) is 82.5. The fourth-order valence-corrected chi connectivity index (χ4v) is 19.4. The van der Waals surface area contributed by atoms with E-state index in [2.05, 4.69) is 252 Å². The van der Waals surface area contributed by atoms with Crippen molar-refractivity contribution < 1.29 is 23.9 Å². The number of likely N-dealkylation sites (N-methyl/N-ethyl adjacent to an activating group) is 1. The van der Waals surface area contributed by atoms with Crippen molar-refractivity contribution in [2.75, 3.05) is 165 Å². The first-order valence-corrected chi connectivity index (χ1v) is 49.2. The molecule has 11 aromatic rings. The number of aliphatic hydroxyl groups excluding tert-OH is 1. The van der Waals surface area contributed by atoms with E-state index in [-0.39, 0.29) is 47.2 Å². The molecule has 6 fully saturated rings. The molecule has 28 nitrogen and oxygen atoms in total. The maximum absolute atomic E-state index is 9.06. The predicted octanol–water partition coefficient (Wildman–Crippen LogP) is 17.2. The summed E-state index contributed by atoms with van der Waals surface area (Å²) in [5, 5.41) is 9.06. The van der Waals surface area contributed by atoms with Crippen molar-refractivity contribution in [3.8, 4) is 56.3 Å². The van der Waals surface area contributed by atoms with Gasteiger partial charge < -0.3 is 53.3 Å². The maximum atomic E-state index is 9.06. The molecular formula is C112H142BN23O5. The van der Waals surface area contributed by atoms with Gasteiger partial charge in [-0.3, -0.25) is 59.7 Å². The van der Waals surface area contributed by atoms with Crippen LogP contribution < -0.4 is 25.1 Å². The molecule has 0 atom stereocenters. The van der Waals surface area contributed by atoms with Crippen LogP contribution in [-0.2, 0) is 63.7 Å². The summed E-state index contributed by atoms with van der Waals surface area (Å²) in [6.45, 7) is 38.2. The van der Waals surface area contributed by atoms with Crippen LogP contribution in [0.1, 0.15) is 190 Å². The van der Waals surface area contributed by atoms with Gasteiger partial charge in [0.1, 0.15) is 23.3 Å². The van der Waals surface area contributed by atoms with Gasteiger partial charge >= 0.3 is 7.12 Å². The highest BCUT2D eigenvalue weighted by molar-refractivity contribution is 6.62. The second kappa shape index (κ2) is 46.6. The summed E-state index contributed by atoms with van der Waals surface area (Å²) in [6.07, 6.45) is 54.6. The largest absolute Gasteiger partial charge is 0.496 e. The Bertz CT molecular complexity index is 6380. The molecule has 141 heavy (non-hydrogen) atoms. The van der Waals surface area contributed by atoms with E-state index in [1.807, 2.05) is 93.0 Å². The number of piperidine rings is 1. The normalized spacial score (nSPS) is 18.1. The van der Waals surface area contributed by atoms with Gasteiger partial charge in [0.15, 0.2) is 0 Å². The van der Waals surface area contributed by atoms with Gasteiger partial charge in [-0.25, -0.2) is 24.9 Å². The number of hydrogen-bond acceptors (Lipinski definition) is 28. The average Bonchev–Trinajstić information content (AvgIpc) is 1.61. The minimum absolute atomic E-state index is 0. The third-order valence-electron chi connectivity index (χ3n) is 29.1. The topological polar surface area (TPSA) is 286 Å². The molecule has 0 saturated carbocycles. The van der Waals surface area contributed by atoms with E-state index in [9.17, 15) is 0 Å². The van der Waals surface area contributed by atoms with Gasteiger partial charge in [-0.1, -0.05) is 64.8 Å². The summed E-state index contributed by atoms with van der Waals surface area (Å²) in [5.74, 6) is 5.09. The summed E-state index contributed by atoms with van der Waals surface area (Å²) in [4.78, 5) is 89.7. The number of nitrogens with zero attached hydrogens (tertiary/aromatic N) is 23. The Morgan fingerprint density at radius 3 is 1.09 bits per heavy atom. The third-order valence-corrected chi connectivity index (χ3v) is 29.1. The highest BCUT2D eigenvalue weighted by Crippen LogP contribution is 2.40. The lowest BCUT2D eigenvalue weighted by Gasteiger charge is -2.34. The van der Waals surface area contributed by atoms with Crippen LogP contribution in [0.4, 0.5) is 23.3 Å². The van der Waals surface area contributed by atoms with Crippen molar-refractivity contribution in [2.45, 2.75) is 173 Å². The second-order valence-corrected chi connectivity index (χ2v) is 39.3. The number of ether oxygens (including phenoxy) is 2. The number of fused-ring (bicyclic) bond motifs is 6. The molecule has 0 unspecified atom stereocenters. The van der Waals surface area contributed by atoms with Crippen molar-refractivity contribution in [1.82, 2.24) is 94.4 Å². The first-order chi connectivity index (χ1) is 66.9. The lowest BCUT2D eigenvalue weighted by molar-refractivity contribution is 0.00578. The summed E-state index contributed by atoms with van der Waals surface area (Å²) in [7, 11) is 6.13. The molecule has 1 N–H and O–H groups in total. The smallest absolute Gasteiger partial charge is 0.399 e. The number of hydrogen-bond donors (Lipinski definition) is 1. The predicted molar refractivity (Wildman–Crippen MR) is 570 cm³/mol. The van der Waals surface area contributed by atoms with Gasteiger partial charge in [0.05, 0.1) is 155 Å². The summed E-state index contributed by atoms with van der Waals surface area (Å²) >= 11 is 0. The van der Waals surface area contributed by atoms with E-state index in [4.69, 9.17) is 48.8 Å². The zero-order chi connectivity index (χ0) is 95.6. The number of likely N-dealkylation sites (tertiary alicyclic amines) is 1. The molecule has 0 aromatic carbocycles. The number of aliphatic hydroxyl groups is 1. The van der Waals surface area contributed by atoms with Gasteiger partial charge in [-0.05, 0) is 238 Å². The lowest BCUT2D eigenvalue weighted by atomic mass is 9.79. The van der Waals surface area contributed by atoms with Crippen molar-refractivity contribution >= 4 is 69.3 Å². The Morgan fingerprint density at radius 1 is 0.362 bits per heavy atom. The van der Waals surface area contributed by atoms with Crippen molar-refractivity contribution in [2.24, 2.45) is 11.8 Å². The van der Waals surface area contributed by atoms with Crippen LogP contribution in [0.5, 0.6) is 0 Å². The van der Waals surface area contributed by atoms with Gasteiger partial charge in [0.25, 0.3) is 0 Å². The molecule has 738 valence electrons. The van der Waals surface area contributed by atoms with E-state index in [0.717, 1.165) is 288 Å². The third kappa shape index (κ3) is 24.7. The van der Waals surface area contributed by atoms with Crippen LogP contribution in [0.2, 0.25) is 0 Å². The molecule has 0 spiro atoms. The van der Waals surface area contributed by atoms with Crippen molar-refractivity contribution in [3.63, 3.8) is 0 Å². The molecule has 12 aliphatic rings. The number of aromatic nitrogens is 16. The first kappa shape index (κ1) is 103. The number of anilines is 4. The number of morpholine rings is 1. The fourth-order valence-electron chi connectivity index (χ4n) is 19.4. The molecule has 6 aliphatic heterocycles. The Morgan fingerprint density at radius 2 is 0.695 bits per heavy atom. The second-order valence-electron chi connectivity index (χ2n) is 39.3. The van der Waals surface area contributed by atoms with Gasteiger partial charge in [0, 0.05) is 214 Å². The molecule has 0 bridgehead atoms. The van der Waals surface area contributed by atoms with Crippen LogP contribution in [0.25, 0.3) is 89.7 Å². The Hall–Kier alpha value is -12.3. The molecule has 0 radical (unpaired) electrons. The average molecular weight is 1900 g/mol. The SMILES string of the molecule is C.C.C.CC1=CCc2ncc(-c3cncc(CC4CCN(C)CC4)n3)cc21.CC1=CCc2ncc(-c3cncc(N(C)CC4CCOCC4)n3)cc21.CC1=CCc2ncc(-c3cncc(N4CCN(C)CC4)n3)cc21.CC1=CCc2ncc(-c3cncc(N4CCN(CCO)CC4)n3)cc21.CC1=CCc2ncc(-c3cncc(N4CCOCC4)n3)cc21.CC1=CCc2ncc(B3OC(C)(C)C(C)(C)O3)cc21. The highest BCUT2D eigenvalue weighted by Gasteiger charge is 2.52. The first-order valence-electron chi connectivity index (χ1n) is 49.2. The molecule has 6 saturated heterocycles. The lowest BCUT2D eigenvalue weighted by Crippen LogP contribution is -2.47. The number of rotatable bonds is 16. The molecular weight excluding hydrogens is 1760 g/mol. The monoisotopic (exact) mass is 1900 g/mol. The molecule has 29 heteroatoms. The standard InChI is InChI=1S/C20H24N4O.C20H24N4.C19H23N5O.C18H21N5.C17H18N4O.C15H20BNO2.3CH4/c1-14-3-4-18-17(14)9-16(10-22-18)19-11-21-12-20(23-19)24(2)13-15-5-7-25-8-6-15;1-14-3-4-19-18(14)10-16(11-22-19)20-13-21-12-17(23-20)9-15-5-7-24(2)8-6-15;1-14-2-3-17-16(14)10-15(11-21-17)18-12-20-13-19(22-18)24-6-4-23(5-7-24)8-9-25;1-13-3-4-16-15(13)9-14(10-20-16)17-11-19-12-18(21-17)23-7-5-22(2)6-8-23;1-12-2-3-15-14(12)8-13(9-19-15)16-10-18-11-17(20-16)21-4-6-22-7-5-21;1-10-6-7-13-12(10)8-11(9-17-13)16-18-14(2,3)15(4,5)19-16;;;/h3,9-12,15H,4-8,13H2,1-2H3;3,10-13,15H,4-9H2,1-2H3;2,10-13,25H,3-9H2,1H3;3,9-12H,4-8H2,1-2H3;2,8-11H,3-7H2,1H3;6,8-9H,7H2,1-5H3;3*1H4. The number of β-amino-alcohol motifs (C(OH)–C–C–N with tert-alkyl or cyclic N) is 1. The Kier molecular flexibility index (Phi) is 34.1. The van der Waals surface area contributed by atoms with Crippen LogP contribution in [0.3, 0.4) is 0 Å². The minimum atomic E-state index is -0.323. The summed E-state index contributed by atoms with van der Waals surface area (Å²) in [5.41, 5.74) is 33.3. The molecule has 11 aromatic heterocycles. The van der Waals surface area contributed by atoms with Gasteiger partial charge in [-0.2, -0.15) is 0 Å². The molecule has 6 aliphatic carbocycles. The molecule has 23 rings (SSSR count). The van der Waals surface area contributed by atoms with Crippen LogP contribution in [0.15, 0.2) is 172 Å². The number of allylic oxidation sites excluding steroid dienone is 12. The van der Waals surface area contributed by atoms with Crippen LogP contribution in [-0.4, -0.2) is 264 Å². The number of piperazine rings is 2. The fraction of sp³-hybridized carbons (Fsp3) is 0.446. The van der Waals surface area contributed by atoms with E-state index in [0.29, 0.717) is 5.92 Å². The van der Waals surface area contributed by atoms with Crippen LogP contribution in [0, 0.1) is 11.8 Å². The maximum Gasteiger partial charge on any atom is 0.496 e. The van der Waals surface area contributed by atoms with Gasteiger partial charge in [0.2, 0.25) is 0 Å². The van der Waals surface area contributed by atoms with Crippen LogP contribution >= 0.6 is 0 Å². The van der Waals surface area contributed by atoms with E-state index in [1.54, 1.807) is 6.20 Å². The Balaban J connectivity index is 0.000000127. The number of pyridine rings is 6. The highest BCUT2D eigenvalue weighted by atomic mass is 16.7. The van der Waals surface area contributed by atoms with Gasteiger partial charge in [-0.15, -0.1) is 0 Å². The quantitative estimate of drug-likeness (QED) is 0.0879. The zero-order valence-corrected chi connectivity index (χ0v) is 82.5. The summed E-state index contributed by atoms with van der Waals surface area (Å²) < 4.78 is 23.0. The van der Waals surface area contributed by atoms with E-state index in [1.165, 1.54) is 98.4 Å². The summed E-state index contributed by atoms with van der Waals surface area (Å²) in [6, 6.07) is 13.1. The van der Waals surface area contributed by atoms with E-state index < -0.39 is 0 Å². The molecule has 0 amide bonds. The molecule has 17 heterocycles. The van der Waals surface area contributed by atoms with Crippen molar-refractivity contribution in [1.29, 1.82) is 0 Å². The van der Waals surface area contributed by atoms with E-state index >= 15 is 0 Å². The minimum Gasteiger partial charge on any atom is -0.399 e. The van der Waals surface area contributed by atoms with Crippen molar-refractivity contribution in [3.05, 3.63) is 245 Å².